The van der Waals surface area contributed by atoms with Crippen molar-refractivity contribution in [3.63, 3.8) is 0 Å². The maximum absolute atomic E-state index is 12.7. The molecule has 0 amide bonds. The standard InChI is InChI=1S/C23H22F3N5O/c1-28-12-16(11-27)22-13-29-20-8-7-18(10-21(20)30-22)31(14-15-5-6-15)17-3-2-4-19(9-17)32-23(24,25)26/h2-4,7-13,15H,5-6,14,27H2,1H3. The van der Waals surface area contributed by atoms with Gasteiger partial charge in [-0.25, -0.2) is 4.98 Å². The number of aromatic nitrogens is 2. The van der Waals surface area contributed by atoms with Gasteiger partial charge in [-0.3, -0.25) is 9.98 Å². The van der Waals surface area contributed by atoms with E-state index in [1.807, 2.05) is 23.1 Å². The lowest BCUT2D eigenvalue weighted by molar-refractivity contribution is -0.274. The lowest BCUT2D eigenvalue weighted by atomic mass is 10.1. The summed E-state index contributed by atoms with van der Waals surface area (Å²) < 4.78 is 42.2. The molecule has 0 aliphatic heterocycles. The Balaban J connectivity index is 1.73. The molecule has 9 heteroatoms. The highest BCUT2D eigenvalue weighted by Crippen LogP contribution is 2.37. The van der Waals surface area contributed by atoms with Crippen LogP contribution in [0.5, 0.6) is 5.75 Å². The lowest BCUT2D eigenvalue weighted by Gasteiger charge is -2.26. The highest BCUT2D eigenvalue weighted by molar-refractivity contribution is 6.09. The highest BCUT2D eigenvalue weighted by Gasteiger charge is 2.31. The fraction of sp³-hybridized carbons (Fsp3) is 0.261. The maximum Gasteiger partial charge on any atom is 0.573 e. The second-order valence-corrected chi connectivity index (χ2v) is 7.54. The zero-order valence-corrected chi connectivity index (χ0v) is 17.4. The molecule has 0 bridgehead atoms. The third-order valence-corrected chi connectivity index (χ3v) is 5.08. The number of allylic oxidation sites excluding steroid dienone is 1. The van der Waals surface area contributed by atoms with Gasteiger partial charge in [0.2, 0.25) is 0 Å². The Morgan fingerprint density at radius 1 is 1.19 bits per heavy atom. The molecule has 0 saturated heterocycles. The Morgan fingerprint density at radius 2 is 1.97 bits per heavy atom. The largest absolute Gasteiger partial charge is 0.573 e. The molecule has 1 aliphatic carbocycles. The minimum atomic E-state index is -4.75. The quantitative estimate of drug-likeness (QED) is 0.518. The summed E-state index contributed by atoms with van der Waals surface area (Å²) in [7, 11) is 1.64. The second-order valence-electron chi connectivity index (χ2n) is 7.54. The van der Waals surface area contributed by atoms with E-state index in [0.29, 0.717) is 40.5 Å². The number of rotatable bonds is 7. The van der Waals surface area contributed by atoms with Crippen LogP contribution in [0.3, 0.4) is 0 Å². The number of hydrogen-bond donors (Lipinski definition) is 1. The number of halogens is 3. The van der Waals surface area contributed by atoms with Gasteiger partial charge in [0.1, 0.15) is 5.75 Å². The molecule has 1 aliphatic rings. The van der Waals surface area contributed by atoms with E-state index in [4.69, 9.17) is 5.73 Å². The van der Waals surface area contributed by atoms with E-state index in [1.165, 1.54) is 18.3 Å². The summed E-state index contributed by atoms with van der Waals surface area (Å²) in [5.74, 6) is 0.234. The van der Waals surface area contributed by atoms with Crippen molar-refractivity contribution in [3.05, 3.63) is 60.6 Å². The third kappa shape index (κ3) is 5.16. The number of fused-ring (bicyclic) bond motifs is 1. The number of ether oxygens (including phenoxy) is 1. The number of benzene rings is 2. The van der Waals surface area contributed by atoms with Crippen molar-refractivity contribution in [2.45, 2.75) is 19.2 Å². The average Bonchev–Trinajstić information content (AvgIpc) is 3.58. The molecule has 1 fully saturated rings. The summed E-state index contributed by atoms with van der Waals surface area (Å²) in [5, 5.41) is 0. The van der Waals surface area contributed by atoms with Crippen LogP contribution < -0.4 is 15.4 Å². The Morgan fingerprint density at radius 3 is 2.66 bits per heavy atom. The maximum atomic E-state index is 12.7. The monoisotopic (exact) mass is 441 g/mol. The summed E-state index contributed by atoms with van der Waals surface area (Å²) >= 11 is 0. The summed E-state index contributed by atoms with van der Waals surface area (Å²) in [5.41, 5.74) is 9.67. The van der Waals surface area contributed by atoms with E-state index in [2.05, 4.69) is 19.7 Å². The van der Waals surface area contributed by atoms with Crippen molar-refractivity contribution in [2.24, 2.45) is 16.6 Å². The zero-order valence-electron chi connectivity index (χ0n) is 17.4. The van der Waals surface area contributed by atoms with Gasteiger partial charge in [-0.05, 0) is 49.1 Å². The molecule has 3 aromatic rings. The van der Waals surface area contributed by atoms with Gasteiger partial charge in [0.15, 0.2) is 0 Å². The summed E-state index contributed by atoms with van der Waals surface area (Å²) in [6.07, 6.45) is 2.08. The fourth-order valence-electron chi connectivity index (χ4n) is 3.41. The molecule has 0 radical (unpaired) electrons. The minimum absolute atomic E-state index is 0.254. The Labute approximate surface area is 183 Å². The van der Waals surface area contributed by atoms with Crippen molar-refractivity contribution in [3.8, 4) is 5.75 Å². The minimum Gasteiger partial charge on any atom is -0.406 e. The first-order valence-electron chi connectivity index (χ1n) is 10.1. The first-order chi connectivity index (χ1) is 15.4. The predicted octanol–water partition coefficient (Wildman–Crippen LogP) is 5.08. The van der Waals surface area contributed by atoms with Crippen LogP contribution in [0.1, 0.15) is 18.5 Å². The van der Waals surface area contributed by atoms with Crippen LogP contribution in [0.15, 0.2) is 59.9 Å². The van der Waals surface area contributed by atoms with Gasteiger partial charge in [-0.2, -0.15) is 0 Å². The SMILES string of the molecule is CN=CC(=CN)c1cnc2ccc(N(CC3CC3)c3cccc(OC(F)(F)F)c3)cc2n1. The zero-order chi connectivity index (χ0) is 22.7. The van der Waals surface area contributed by atoms with E-state index < -0.39 is 6.36 Å². The molecule has 0 unspecified atom stereocenters. The van der Waals surface area contributed by atoms with E-state index in [0.717, 1.165) is 18.5 Å². The number of nitrogens with two attached hydrogens (primary N) is 1. The molecule has 32 heavy (non-hydrogen) atoms. The van der Waals surface area contributed by atoms with E-state index in [-0.39, 0.29) is 5.75 Å². The Bertz CT molecular complexity index is 1170. The van der Waals surface area contributed by atoms with Gasteiger partial charge >= 0.3 is 6.36 Å². The molecular weight excluding hydrogens is 419 g/mol. The van der Waals surface area contributed by atoms with Gasteiger partial charge in [0.05, 0.1) is 22.9 Å². The van der Waals surface area contributed by atoms with E-state index >= 15 is 0 Å². The fourth-order valence-corrected chi connectivity index (χ4v) is 3.41. The molecule has 1 heterocycles. The van der Waals surface area contributed by atoms with Crippen LogP contribution in [0.2, 0.25) is 0 Å². The Hall–Kier alpha value is -3.62. The van der Waals surface area contributed by atoms with Crippen molar-refractivity contribution in [1.82, 2.24) is 9.97 Å². The molecule has 166 valence electrons. The van der Waals surface area contributed by atoms with Gasteiger partial charge in [-0.1, -0.05) is 6.07 Å². The molecule has 2 aromatic carbocycles. The predicted molar refractivity (Wildman–Crippen MR) is 119 cm³/mol. The molecule has 0 atom stereocenters. The first-order valence-corrected chi connectivity index (χ1v) is 10.1. The Kier molecular flexibility index (Phi) is 5.98. The van der Waals surface area contributed by atoms with Crippen LogP contribution in [-0.2, 0) is 0 Å². The van der Waals surface area contributed by atoms with E-state index in [1.54, 1.807) is 31.6 Å². The number of hydrogen-bond acceptors (Lipinski definition) is 6. The molecule has 2 N–H and O–H groups in total. The van der Waals surface area contributed by atoms with Gasteiger partial charge in [0, 0.05) is 49.0 Å². The van der Waals surface area contributed by atoms with Crippen LogP contribution in [0.4, 0.5) is 24.5 Å². The van der Waals surface area contributed by atoms with Crippen LogP contribution in [0, 0.1) is 5.92 Å². The second kappa shape index (κ2) is 8.86. The molecule has 1 saturated carbocycles. The smallest absolute Gasteiger partial charge is 0.406 e. The molecule has 1 aromatic heterocycles. The summed E-state index contributed by atoms with van der Waals surface area (Å²) in [6, 6.07) is 11.6. The molecular formula is C23H22F3N5O. The third-order valence-electron chi connectivity index (χ3n) is 5.08. The normalized spacial score (nSPS) is 14.8. The van der Waals surface area contributed by atoms with E-state index in [9.17, 15) is 13.2 Å². The van der Waals surface area contributed by atoms with Gasteiger partial charge in [0.25, 0.3) is 0 Å². The van der Waals surface area contributed by atoms with Crippen molar-refractivity contribution < 1.29 is 17.9 Å². The molecule has 6 nitrogen and oxygen atoms in total. The lowest BCUT2D eigenvalue weighted by Crippen LogP contribution is -2.21. The van der Waals surface area contributed by atoms with Gasteiger partial charge in [-0.15, -0.1) is 13.2 Å². The highest BCUT2D eigenvalue weighted by atomic mass is 19.4. The summed E-state index contributed by atoms with van der Waals surface area (Å²) in [4.78, 5) is 15.1. The number of nitrogens with zero attached hydrogens (tertiary/aromatic N) is 4. The average molecular weight is 441 g/mol. The van der Waals surface area contributed by atoms with Crippen LogP contribution >= 0.6 is 0 Å². The number of aliphatic imine (C=N–C) groups is 1. The van der Waals surface area contributed by atoms with Crippen molar-refractivity contribution in [1.29, 1.82) is 0 Å². The molecule has 4 rings (SSSR count). The van der Waals surface area contributed by atoms with Crippen LogP contribution in [0.25, 0.3) is 16.6 Å². The molecule has 0 spiro atoms. The topological polar surface area (TPSA) is 76.6 Å². The first kappa shape index (κ1) is 21.6. The number of anilines is 2. The number of alkyl halides is 3. The van der Waals surface area contributed by atoms with Crippen molar-refractivity contribution in [2.75, 3.05) is 18.5 Å². The summed E-state index contributed by atoms with van der Waals surface area (Å²) in [6.45, 7) is 0.685. The van der Waals surface area contributed by atoms with Gasteiger partial charge < -0.3 is 15.4 Å². The van der Waals surface area contributed by atoms with Crippen LogP contribution in [-0.4, -0.2) is 36.1 Å². The van der Waals surface area contributed by atoms with Crippen molar-refractivity contribution >= 4 is 34.2 Å².